The van der Waals surface area contributed by atoms with E-state index in [4.69, 9.17) is 4.74 Å². The van der Waals surface area contributed by atoms with E-state index in [1.165, 1.54) is 12.1 Å². The highest BCUT2D eigenvalue weighted by Gasteiger charge is 2.14. The lowest BCUT2D eigenvalue weighted by molar-refractivity contribution is -0.120. The molecule has 0 aliphatic heterocycles. The van der Waals surface area contributed by atoms with Crippen molar-refractivity contribution in [2.45, 2.75) is 38.0 Å². The van der Waals surface area contributed by atoms with Gasteiger partial charge in [0.1, 0.15) is 5.75 Å². The highest BCUT2D eigenvalue weighted by Crippen LogP contribution is 2.16. The number of benzene rings is 2. The first kappa shape index (κ1) is 24.5. The summed E-state index contributed by atoms with van der Waals surface area (Å²) in [7, 11) is -3.67. The lowest BCUT2D eigenvalue weighted by atomic mass is 10.1. The highest BCUT2D eigenvalue weighted by molar-refractivity contribution is 7.89. The molecule has 0 aliphatic rings. The molecule has 2 N–H and O–H groups in total. The van der Waals surface area contributed by atoms with Crippen LogP contribution < -0.4 is 14.8 Å². The summed E-state index contributed by atoms with van der Waals surface area (Å²) in [5.41, 5.74) is 3.11. The van der Waals surface area contributed by atoms with Gasteiger partial charge >= 0.3 is 0 Å². The molecule has 0 radical (unpaired) electrons. The lowest BCUT2D eigenvalue weighted by Gasteiger charge is -2.09. The van der Waals surface area contributed by atoms with E-state index < -0.39 is 10.0 Å². The van der Waals surface area contributed by atoms with Gasteiger partial charge in [0.05, 0.1) is 22.9 Å². The Hall–Kier alpha value is -3.17. The average Bonchev–Trinajstić information content (AvgIpc) is 3.18. The van der Waals surface area contributed by atoms with Crippen LogP contribution in [0.25, 0.3) is 5.69 Å². The Kier molecular flexibility index (Phi) is 8.62. The number of aryl methyl sites for hydroxylation is 2. The zero-order valence-electron chi connectivity index (χ0n) is 19.0. The number of nitrogens with one attached hydrogen (secondary N) is 2. The van der Waals surface area contributed by atoms with Gasteiger partial charge in [-0.15, -0.1) is 0 Å². The molecule has 0 bridgehead atoms. The minimum atomic E-state index is -3.67. The van der Waals surface area contributed by atoms with Gasteiger partial charge in [0, 0.05) is 25.7 Å². The molecular weight excluding hydrogens is 440 g/mol. The number of para-hydroxylation sites is 1. The summed E-state index contributed by atoms with van der Waals surface area (Å²) < 4.78 is 34.3. The number of hydrogen-bond donors (Lipinski definition) is 2. The van der Waals surface area contributed by atoms with Crippen molar-refractivity contribution >= 4 is 15.9 Å². The molecule has 0 saturated carbocycles. The Labute approximate surface area is 195 Å². The molecule has 0 fully saturated rings. The fraction of sp³-hybridized carbons (Fsp3) is 0.333. The summed E-state index contributed by atoms with van der Waals surface area (Å²) in [4.78, 5) is 12.2. The number of hydrogen-bond acceptors (Lipinski definition) is 5. The standard InChI is InChI=1S/C24H30N4O4S/c1-3-32-22-11-13-23(14-12-22)33(30,31)26-17-15-24(29)25-16-7-8-20-18-28(27-19(20)2)21-9-5-4-6-10-21/h4-6,9-14,18,26H,3,7-8,15-17H2,1-2H3,(H,25,29). The van der Waals surface area contributed by atoms with Crippen molar-refractivity contribution in [2.24, 2.45) is 0 Å². The molecule has 0 aliphatic carbocycles. The van der Waals surface area contributed by atoms with Crippen molar-refractivity contribution in [3.05, 3.63) is 72.1 Å². The molecule has 8 nitrogen and oxygen atoms in total. The zero-order valence-corrected chi connectivity index (χ0v) is 19.8. The normalized spacial score (nSPS) is 11.3. The number of aromatic nitrogens is 2. The fourth-order valence-corrected chi connectivity index (χ4v) is 4.34. The van der Waals surface area contributed by atoms with Gasteiger partial charge in [0.25, 0.3) is 0 Å². The number of carbonyl (C=O) groups is 1. The molecule has 0 atom stereocenters. The maximum Gasteiger partial charge on any atom is 0.240 e. The summed E-state index contributed by atoms with van der Waals surface area (Å²) in [6, 6.07) is 16.1. The molecule has 1 aromatic heterocycles. The second kappa shape index (κ2) is 11.6. The van der Waals surface area contributed by atoms with E-state index in [0.717, 1.165) is 29.8 Å². The molecule has 1 amide bonds. The Morgan fingerprint density at radius 2 is 1.79 bits per heavy atom. The molecular formula is C24H30N4O4S. The van der Waals surface area contributed by atoms with Crippen molar-refractivity contribution in [3.8, 4) is 11.4 Å². The van der Waals surface area contributed by atoms with Gasteiger partial charge < -0.3 is 10.1 Å². The summed E-state index contributed by atoms with van der Waals surface area (Å²) in [5.74, 6) is 0.416. The first-order chi connectivity index (χ1) is 15.9. The summed E-state index contributed by atoms with van der Waals surface area (Å²) in [5, 5.41) is 7.40. The van der Waals surface area contributed by atoms with Gasteiger partial charge in [0.15, 0.2) is 0 Å². The Bertz CT molecular complexity index is 1140. The molecule has 9 heteroatoms. The minimum Gasteiger partial charge on any atom is -0.494 e. The van der Waals surface area contributed by atoms with Crippen LogP contribution in [0, 0.1) is 6.92 Å². The van der Waals surface area contributed by atoms with Crippen LogP contribution >= 0.6 is 0 Å². The molecule has 3 aromatic rings. The molecule has 0 unspecified atom stereocenters. The van der Waals surface area contributed by atoms with Crippen LogP contribution in [0.5, 0.6) is 5.75 Å². The Morgan fingerprint density at radius 3 is 2.48 bits per heavy atom. The molecule has 176 valence electrons. The lowest BCUT2D eigenvalue weighted by Crippen LogP contribution is -2.31. The van der Waals surface area contributed by atoms with Crippen LogP contribution in [0.15, 0.2) is 65.7 Å². The first-order valence-electron chi connectivity index (χ1n) is 11.0. The molecule has 2 aromatic carbocycles. The third kappa shape index (κ3) is 7.16. The number of sulfonamides is 1. The van der Waals surface area contributed by atoms with Crippen LogP contribution in [0.3, 0.4) is 0 Å². The van der Waals surface area contributed by atoms with E-state index in [1.54, 1.807) is 12.1 Å². The predicted octanol–water partition coefficient (Wildman–Crippen LogP) is 3.00. The second-order valence-corrected chi connectivity index (χ2v) is 9.29. The van der Waals surface area contributed by atoms with Crippen LogP contribution in [-0.2, 0) is 21.2 Å². The maximum atomic E-state index is 12.3. The molecule has 0 saturated heterocycles. The average molecular weight is 471 g/mol. The van der Waals surface area contributed by atoms with Gasteiger partial charge in [0.2, 0.25) is 15.9 Å². The minimum absolute atomic E-state index is 0.0321. The highest BCUT2D eigenvalue weighted by atomic mass is 32.2. The van der Waals surface area contributed by atoms with Crippen molar-refractivity contribution in [2.75, 3.05) is 19.7 Å². The molecule has 33 heavy (non-hydrogen) atoms. The van der Waals surface area contributed by atoms with Crippen molar-refractivity contribution in [1.29, 1.82) is 0 Å². The second-order valence-electron chi connectivity index (χ2n) is 7.53. The SMILES string of the molecule is CCOc1ccc(S(=O)(=O)NCCC(=O)NCCCc2cn(-c3ccccc3)nc2C)cc1. The van der Waals surface area contributed by atoms with Crippen molar-refractivity contribution in [1.82, 2.24) is 19.8 Å². The number of carbonyl (C=O) groups excluding carboxylic acids is 1. The van der Waals surface area contributed by atoms with Gasteiger partial charge in [-0.2, -0.15) is 5.10 Å². The van der Waals surface area contributed by atoms with Crippen molar-refractivity contribution < 1.29 is 17.9 Å². The Balaban J connectivity index is 1.37. The molecule has 3 rings (SSSR count). The van der Waals surface area contributed by atoms with E-state index in [2.05, 4.69) is 15.1 Å². The van der Waals surface area contributed by atoms with Crippen LogP contribution in [-0.4, -0.2) is 43.8 Å². The third-order valence-electron chi connectivity index (χ3n) is 5.06. The number of rotatable bonds is 12. The van der Waals surface area contributed by atoms with E-state index in [-0.39, 0.29) is 23.8 Å². The smallest absolute Gasteiger partial charge is 0.240 e. The maximum absolute atomic E-state index is 12.3. The van der Waals surface area contributed by atoms with E-state index in [0.29, 0.717) is 18.9 Å². The monoisotopic (exact) mass is 470 g/mol. The van der Waals surface area contributed by atoms with Gasteiger partial charge in [-0.05, 0) is 68.7 Å². The van der Waals surface area contributed by atoms with Crippen molar-refractivity contribution in [3.63, 3.8) is 0 Å². The van der Waals surface area contributed by atoms with Gasteiger partial charge in [-0.3, -0.25) is 4.79 Å². The summed E-state index contributed by atoms with van der Waals surface area (Å²) >= 11 is 0. The summed E-state index contributed by atoms with van der Waals surface area (Å²) in [6.45, 7) is 4.89. The number of nitrogens with zero attached hydrogens (tertiary/aromatic N) is 2. The quantitative estimate of drug-likeness (QED) is 0.396. The number of ether oxygens (including phenoxy) is 1. The zero-order chi connectivity index (χ0) is 23.7. The predicted molar refractivity (Wildman–Crippen MR) is 127 cm³/mol. The van der Waals surface area contributed by atoms with Gasteiger partial charge in [-0.1, -0.05) is 18.2 Å². The molecule has 0 spiro atoms. The fourth-order valence-electron chi connectivity index (χ4n) is 3.31. The molecule has 1 heterocycles. The summed E-state index contributed by atoms with van der Waals surface area (Å²) in [6.07, 6.45) is 3.65. The Morgan fingerprint density at radius 1 is 1.06 bits per heavy atom. The third-order valence-corrected chi connectivity index (χ3v) is 6.53. The largest absolute Gasteiger partial charge is 0.494 e. The van der Waals surface area contributed by atoms with E-state index in [1.807, 2.05) is 55.1 Å². The van der Waals surface area contributed by atoms with E-state index >= 15 is 0 Å². The first-order valence-corrected chi connectivity index (χ1v) is 12.5. The van der Waals surface area contributed by atoms with Crippen LogP contribution in [0.1, 0.15) is 31.0 Å². The number of amides is 1. The van der Waals surface area contributed by atoms with Crippen LogP contribution in [0.2, 0.25) is 0 Å². The topological polar surface area (TPSA) is 102 Å². The van der Waals surface area contributed by atoms with Crippen LogP contribution in [0.4, 0.5) is 0 Å². The van der Waals surface area contributed by atoms with E-state index in [9.17, 15) is 13.2 Å². The van der Waals surface area contributed by atoms with Gasteiger partial charge in [-0.25, -0.2) is 17.8 Å².